The summed E-state index contributed by atoms with van der Waals surface area (Å²) in [5.41, 5.74) is 0.614. The van der Waals surface area contributed by atoms with Gasteiger partial charge < -0.3 is 14.8 Å². The minimum atomic E-state index is -1.37. The number of para-hydroxylation sites is 1. The molecule has 8 nitrogen and oxygen atoms in total. The summed E-state index contributed by atoms with van der Waals surface area (Å²) >= 11 is 0. The number of nitro groups is 1. The van der Waals surface area contributed by atoms with Crippen LogP contribution in [0.2, 0.25) is 0 Å². The topological polar surface area (TPSA) is 93.9 Å². The van der Waals surface area contributed by atoms with E-state index in [4.69, 9.17) is 9.47 Å². The number of hydrogen-bond donors (Lipinski definition) is 1. The molecule has 0 unspecified atom stereocenters. The van der Waals surface area contributed by atoms with E-state index in [0.29, 0.717) is 35.9 Å². The normalized spacial score (nSPS) is 25.1. The predicted octanol–water partition coefficient (Wildman–Crippen LogP) is 2.78. The molecule has 1 N–H and O–H groups in total. The van der Waals surface area contributed by atoms with Gasteiger partial charge in [-0.2, -0.15) is 0 Å². The number of nitrogens with zero attached hydrogens (tertiary/aromatic N) is 2. The van der Waals surface area contributed by atoms with Gasteiger partial charge in [-0.25, -0.2) is 0 Å². The molecule has 1 spiro atoms. The Morgan fingerprint density at radius 2 is 2.10 bits per heavy atom. The Morgan fingerprint density at radius 3 is 2.80 bits per heavy atom. The Balaban J connectivity index is 1.81. The molecular formula is C22H23N3O5. The second-order valence-electron chi connectivity index (χ2n) is 7.49. The maximum Gasteiger partial charge on any atom is 0.256 e. The van der Waals surface area contributed by atoms with E-state index in [2.05, 4.69) is 11.9 Å². The number of anilines is 1. The summed E-state index contributed by atoms with van der Waals surface area (Å²) in [5, 5.41) is 15.2. The summed E-state index contributed by atoms with van der Waals surface area (Å²) in [6, 6.07) is 11.3. The van der Waals surface area contributed by atoms with Crippen LogP contribution in [-0.4, -0.2) is 49.1 Å². The van der Waals surface area contributed by atoms with Gasteiger partial charge in [0, 0.05) is 22.7 Å². The van der Waals surface area contributed by atoms with Crippen molar-refractivity contribution in [1.82, 2.24) is 4.90 Å². The molecule has 0 saturated carbocycles. The summed E-state index contributed by atoms with van der Waals surface area (Å²) in [6.07, 6.45) is 1.63. The predicted molar refractivity (Wildman–Crippen MR) is 112 cm³/mol. The van der Waals surface area contributed by atoms with Gasteiger partial charge >= 0.3 is 0 Å². The lowest BCUT2D eigenvalue weighted by Crippen LogP contribution is -2.54. The SMILES string of the molecule is C=CCOc1ccc([C@@H]2CN(C)[C@]3(C(=O)Nc4ccccc43)[C@@H]2[N+](=O)[O-])cc1OC. The number of nitrogens with one attached hydrogen (secondary N) is 1. The lowest BCUT2D eigenvalue weighted by Gasteiger charge is -2.30. The second kappa shape index (κ2) is 7.46. The molecule has 30 heavy (non-hydrogen) atoms. The first-order valence-corrected chi connectivity index (χ1v) is 9.62. The van der Waals surface area contributed by atoms with E-state index in [1.54, 1.807) is 60.5 Å². The van der Waals surface area contributed by atoms with Gasteiger partial charge in [0.25, 0.3) is 11.9 Å². The molecular weight excluding hydrogens is 386 g/mol. The third kappa shape index (κ3) is 2.75. The fourth-order valence-corrected chi connectivity index (χ4v) is 4.76. The Bertz CT molecular complexity index is 1020. The summed E-state index contributed by atoms with van der Waals surface area (Å²) in [6.45, 7) is 4.30. The Kier molecular flexibility index (Phi) is 4.95. The molecule has 2 aromatic rings. The molecule has 2 aliphatic heterocycles. The molecule has 4 rings (SSSR count). The van der Waals surface area contributed by atoms with E-state index in [1.807, 2.05) is 0 Å². The van der Waals surface area contributed by atoms with Crippen LogP contribution in [-0.2, 0) is 10.3 Å². The quantitative estimate of drug-likeness (QED) is 0.448. The first-order valence-electron chi connectivity index (χ1n) is 9.62. The number of likely N-dealkylation sites (N-methyl/N-ethyl adjacent to an activating group) is 1. The molecule has 2 heterocycles. The lowest BCUT2D eigenvalue weighted by molar-refractivity contribution is -0.534. The fraction of sp³-hybridized carbons (Fsp3) is 0.318. The van der Waals surface area contributed by atoms with E-state index >= 15 is 0 Å². The van der Waals surface area contributed by atoms with E-state index in [1.165, 1.54) is 7.11 Å². The standard InChI is InChI=1S/C22H23N3O5/c1-4-11-30-18-10-9-14(12-19(18)29-3)15-13-24(2)22(20(15)25(27)28)16-7-5-6-8-17(16)23-21(22)26/h4-10,12,15,20H,1,11,13H2,2-3H3,(H,23,26)/t15-,20+,22-/m0/s1. The van der Waals surface area contributed by atoms with Crippen molar-refractivity contribution in [1.29, 1.82) is 0 Å². The van der Waals surface area contributed by atoms with Crippen LogP contribution >= 0.6 is 0 Å². The molecule has 2 aromatic carbocycles. The first kappa shape index (κ1) is 19.9. The number of likely N-dealkylation sites (tertiary alicyclic amines) is 1. The zero-order valence-electron chi connectivity index (χ0n) is 16.8. The molecule has 0 aromatic heterocycles. The zero-order chi connectivity index (χ0) is 21.5. The molecule has 156 valence electrons. The number of carbonyl (C=O) groups excluding carboxylic acids is 1. The number of methoxy groups -OCH3 is 1. The molecule has 0 aliphatic carbocycles. The van der Waals surface area contributed by atoms with Gasteiger partial charge in [-0.1, -0.05) is 36.9 Å². The minimum Gasteiger partial charge on any atom is -0.493 e. The van der Waals surface area contributed by atoms with Crippen LogP contribution in [0.25, 0.3) is 0 Å². The second-order valence-corrected chi connectivity index (χ2v) is 7.49. The molecule has 2 aliphatic rings. The maximum absolute atomic E-state index is 13.1. The highest BCUT2D eigenvalue weighted by Crippen LogP contribution is 2.52. The van der Waals surface area contributed by atoms with Crippen LogP contribution in [0, 0.1) is 10.1 Å². The third-order valence-electron chi connectivity index (χ3n) is 6.01. The third-order valence-corrected chi connectivity index (χ3v) is 6.01. The van der Waals surface area contributed by atoms with E-state index in [-0.39, 0.29) is 10.8 Å². The van der Waals surface area contributed by atoms with Gasteiger partial charge in [-0.05, 0) is 30.8 Å². The molecule has 8 heteroatoms. The van der Waals surface area contributed by atoms with Crippen LogP contribution in [0.1, 0.15) is 17.0 Å². The average molecular weight is 409 g/mol. The van der Waals surface area contributed by atoms with Crippen molar-refractivity contribution in [3.63, 3.8) is 0 Å². The van der Waals surface area contributed by atoms with Gasteiger partial charge in [0.2, 0.25) is 0 Å². The first-order chi connectivity index (χ1) is 14.4. The number of benzene rings is 2. The van der Waals surface area contributed by atoms with E-state index < -0.39 is 17.5 Å². The van der Waals surface area contributed by atoms with Gasteiger partial charge in [-0.15, -0.1) is 0 Å². The van der Waals surface area contributed by atoms with Gasteiger partial charge in [0.05, 0.1) is 13.0 Å². The molecule has 1 amide bonds. The summed E-state index contributed by atoms with van der Waals surface area (Å²) in [4.78, 5) is 26.9. The molecule has 3 atom stereocenters. The van der Waals surface area contributed by atoms with Crippen molar-refractivity contribution in [2.75, 3.05) is 32.6 Å². The van der Waals surface area contributed by atoms with Gasteiger partial charge in [-0.3, -0.25) is 19.8 Å². The van der Waals surface area contributed by atoms with Crippen molar-refractivity contribution >= 4 is 11.6 Å². The maximum atomic E-state index is 13.1. The van der Waals surface area contributed by atoms with Crippen molar-refractivity contribution < 1.29 is 19.2 Å². The largest absolute Gasteiger partial charge is 0.493 e. The Morgan fingerprint density at radius 1 is 1.33 bits per heavy atom. The summed E-state index contributed by atoms with van der Waals surface area (Å²) < 4.78 is 11.0. The highest BCUT2D eigenvalue weighted by molar-refractivity contribution is 6.06. The van der Waals surface area contributed by atoms with E-state index in [0.717, 1.165) is 5.56 Å². The Labute approximate surface area is 174 Å². The summed E-state index contributed by atoms with van der Waals surface area (Å²) in [7, 11) is 3.28. The minimum absolute atomic E-state index is 0.319. The van der Waals surface area contributed by atoms with Gasteiger partial charge in [0.1, 0.15) is 6.61 Å². The molecule has 1 fully saturated rings. The van der Waals surface area contributed by atoms with Crippen LogP contribution in [0.15, 0.2) is 55.1 Å². The highest BCUT2D eigenvalue weighted by atomic mass is 16.6. The van der Waals surface area contributed by atoms with Crippen molar-refractivity contribution in [3.05, 3.63) is 76.4 Å². The average Bonchev–Trinajstić information content (AvgIpc) is 3.22. The van der Waals surface area contributed by atoms with Gasteiger partial charge in [0.15, 0.2) is 17.0 Å². The van der Waals surface area contributed by atoms with E-state index in [9.17, 15) is 14.9 Å². The molecule has 0 bridgehead atoms. The number of carbonyl (C=O) groups is 1. The summed E-state index contributed by atoms with van der Waals surface area (Å²) in [5.74, 6) is 0.137. The molecule has 0 radical (unpaired) electrons. The van der Waals surface area contributed by atoms with Crippen LogP contribution in [0.5, 0.6) is 11.5 Å². The van der Waals surface area contributed by atoms with Crippen molar-refractivity contribution in [2.45, 2.75) is 17.5 Å². The van der Waals surface area contributed by atoms with Crippen molar-refractivity contribution in [2.24, 2.45) is 0 Å². The lowest BCUT2D eigenvalue weighted by atomic mass is 9.79. The number of ether oxygens (including phenoxy) is 2. The van der Waals surface area contributed by atoms with Crippen LogP contribution < -0.4 is 14.8 Å². The van der Waals surface area contributed by atoms with Crippen molar-refractivity contribution in [3.8, 4) is 11.5 Å². The number of hydrogen-bond acceptors (Lipinski definition) is 6. The van der Waals surface area contributed by atoms with Crippen LogP contribution in [0.3, 0.4) is 0 Å². The number of amides is 1. The fourth-order valence-electron chi connectivity index (χ4n) is 4.76. The smallest absolute Gasteiger partial charge is 0.256 e. The number of fused-ring (bicyclic) bond motifs is 2. The molecule has 1 saturated heterocycles. The highest BCUT2D eigenvalue weighted by Gasteiger charge is 2.68. The zero-order valence-corrected chi connectivity index (χ0v) is 16.8. The number of rotatable bonds is 6. The Hall–Kier alpha value is -3.39. The van der Waals surface area contributed by atoms with Crippen LogP contribution in [0.4, 0.5) is 5.69 Å². The monoisotopic (exact) mass is 409 g/mol.